The fourth-order valence-corrected chi connectivity index (χ4v) is 5.64. The third-order valence-electron chi connectivity index (χ3n) is 7.95. The van der Waals surface area contributed by atoms with Gasteiger partial charge in [0, 0.05) is 42.5 Å². The standard InChI is InChI=1S/C28H32F3N5O3/c1-16(18-4-3-5-19(25(18)29)26(30)31)34-21-6-9-32-22-14-33-24(13-20(21)22)28(39)7-10-36(11-8-28)27(38)23-12-17(37)15-35(23)2/h3-6,9,13-14,16-17,23,26,37,39H,7-8,10-12,15H2,1-2H3,(H,32,34)/t16-,17-,23-/m1/s1. The number of aliphatic hydroxyl groups is 2. The number of piperidine rings is 1. The third-order valence-corrected chi connectivity index (χ3v) is 7.95. The summed E-state index contributed by atoms with van der Waals surface area (Å²) in [6.07, 6.45) is 0.684. The second kappa shape index (κ2) is 10.7. The molecule has 0 saturated carbocycles. The summed E-state index contributed by atoms with van der Waals surface area (Å²) in [5, 5.41) is 25.3. The molecule has 3 atom stereocenters. The molecule has 1 amide bonds. The minimum atomic E-state index is -2.92. The first-order valence-corrected chi connectivity index (χ1v) is 13.0. The molecule has 3 N–H and O–H groups in total. The number of nitrogens with zero attached hydrogens (tertiary/aromatic N) is 4. The van der Waals surface area contributed by atoms with Crippen LogP contribution in [0.4, 0.5) is 18.9 Å². The van der Waals surface area contributed by atoms with Gasteiger partial charge in [0.25, 0.3) is 6.43 Å². The van der Waals surface area contributed by atoms with Crippen LogP contribution in [0.5, 0.6) is 0 Å². The number of benzene rings is 1. The van der Waals surface area contributed by atoms with Crippen molar-refractivity contribution >= 4 is 22.5 Å². The van der Waals surface area contributed by atoms with Crippen LogP contribution in [0.2, 0.25) is 0 Å². The van der Waals surface area contributed by atoms with Gasteiger partial charge in [0.2, 0.25) is 5.91 Å². The predicted octanol–water partition coefficient (Wildman–Crippen LogP) is 3.75. The lowest BCUT2D eigenvalue weighted by Crippen LogP contribution is -2.50. The van der Waals surface area contributed by atoms with Crippen molar-refractivity contribution in [3.05, 3.63) is 65.4 Å². The zero-order valence-corrected chi connectivity index (χ0v) is 21.8. The minimum Gasteiger partial charge on any atom is -0.392 e. The van der Waals surface area contributed by atoms with E-state index in [0.717, 1.165) is 6.07 Å². The molecule has 11 heteroatoms. The molecule has 0 bridgehead atoms. The van der Waals surface area contributed by atoms with Gasteiger partial charge in [0.05, 0.1) is 41.2 Å². The maximum absolute atomic E-state index is 14.8. The summed E-state index contributed by atoms with van der Waals surface area (Å²) in [4.78, 5) is 25.4. The van der Waals surface area contributed by atoms with Crippen molar-refractivity contribution in [3.63, 3.8) is 0 Å². The first kappa shape index (κ1) is 27.3. The molecule has 39 heavy (non-hydrogen) atoms. The van der Waals surface area contributed by atoms with Gasteiger partial charge >= 0.3 is 0 Å². The summed E-state index contributed by atoms with van der Waals surface area (Å²) < 4.78 is 41.2. The van der Waals surface area contributed by atoms with Crippen LogP contribution in [0.25, 0.3) is 10.9 Å². The summed E-state index contributed by atoms with van der Waals surface area (Å²) >= 11 is 0. The maximum Gasteiger partial charge on any atom is 0.266 e. The number of likely N-dealkylation sites (tertiary alicyclic amines) is 2. The van der Waals surface area contributed by atoms with E-state index in [0.29, 0.717) is 61.2 Å². The number of alkyl halides is 2. The van der Waals surface area contributed by atoms with Crippen molar-refractivity contribution in [1.82, 2.24) is 19.8 Å². The molecule has 2 aromatic heterocycles. The second-order valence-corrected chi connectivity index (χ2v) is 10.6. The van der Waals surface area contributed by atoms with Crippen molar-refractivity contribution in [2.24, 2.45) is 0 Å². The number of hydrogen-bond donors (Lipinski definition) is 3. The number of nitrogens with one attached hydrogen (secondary N) is 1. The van der Waals surface area contributed by atoms with Crippen LogP contribution in [-0.4, -0.2) is 74.7 Å². The number of likely N-dealkylation sites (N-methyl/N-ethyl adjacent to an activating group) is 1. The molecule has 2 fully saturated rings. The van der Waals surface area contributed by atoms with Gasteiger partial charge in [-0.2, -0.15) is 0 Å². The van der Waals surface area contributed by atoms with Crippen molar-refractivity contribution in [3.8, 4) is 0 Å². The predicted molar refractivity (Wildman–Crippen MR) is 140 cm³/mol. The Kier molecular flexibility index (Phi) is 7.49. The maximum atomic E-state index is 14.8. The number of aliphatic hydroxyl groups excluding tert-OH is 1. The van der Waals surface area contributed by atoms with E-state index < -0.39 is 35.6 Å². The summed E-state index contributed by atoms with van der Waals surface area (Å²) in [7, 11) is 1.82. The molecule has 1 aromatic carbocycles. The minimum absolute atomic E-state index is 0.0459. The first-order chi connectivity index (χ1) is 18.6. The van der Waals surface area contributed by atoms with Crippen LogP contribution in [0, 0.1) is 5.82 Å². The number of aromatic nitrogens is 2. The van der Waals surface area contributed by atoms with Gasteiger partial charge < -0.3 is 20.4 Å². The monoisotopic (exact) mass is 543 g/mol. The lowest BCUT2D eigenvalue weighted by Gasteiger charge is -2.39. The van der Waals surface area contributed by atoms with E-state index in [4.69, 9.17) is 0 Å². The largest absolute Gasteiger partial charge is 0.392 e. The number of hydrogen-bond acceptors (Lipinski definition) is 7. The van der Waals surface area contributed by atoms with Crippen LogP contribution in [0.15, 0.2) is 42.7 Å². The van der Waals surface area contributed by atoms with E-state index in [1.807, 2.05) is 11.9 Å². The Bertz CT molecular complexity index is 1370. The van der Waals surface area contributed by atoms with Gasteiger partial charge in [-0.15, -0.1) is 0 Å². The molecule has 0 unspecified atom stereocenters. The summed E-state index contributed by atoms with van der Waals surface area (Å²) in [5.74, 6) is -0.988. The number of carbonyl (C=O) groups excluding carboxylic acids is 1. The highest BCUT2D eigenvalue weighted by Gasteiger charge is 2.41. The molecule has 0 aliphatic carbocycles. The highest BCUT2D eigenvalue weighted by Crippen LogP contribution is 2.36. The van der Waals surface area contributed by atoms with Crippen LogP contribution in [0.1, 0.15) is 55.5 Å². The fraction of sp³-hybridized carbons (Fsp3) is 0.464. The Morgan fingerprint density at radius 1 is 1.18 bits per heavy atom. The molecular weight excluding hydrogens is 511 g/mol. The number of fused-ring (bicyclic) bond motifs is 1. The van der Waals surface area contributed by atoms with E-state index in [1.54, 1.807) is 36.4 Å². The van der Waals surface area contributed by atoms with E-state index in [1.165, 1.54) is 12.1 Å². The van der Waals surface area contributed by atoms with Gasteiger partial charge in [-0.05, 0) is 45.4 Å². The molecule has 3 aromatic rings. The molecule has 0 radical (unpaired) electrons. The third kappa shape index (κ3) is 5.30. The zero-order valence-electron chi connectivity index (χ0n) is 21.8. The van der Waals surface area contributed by atoms with E-state index in [2.05, 4.69) is 15.3 Å². The first-order valence-electron chi connectivity index (χ1n) is 13.0. The summed E-state index contributed by atoms with van der Waals surface area (Å²) in [6, 6.07) is 6.40. The van der Waals surface area contributed by atoms with Gasteiger partial charge in [-0.3, -0.25) is 19.7 Å². The normalized spacial score (nSPS) is 22.4. The smallest absolute Gasteiger partial charge is 0.266 e. The molecule has 0 spiro atoms. The van der Waals surface area contributed by atoms with Crippen LogP contribution < -0.4 is 5.32 Å². The van der Waals surface area contributed by atoms with Crippen LogP contribution >= 0.6 is 0 Å². The molecular formula is C28H32F3N5O3. The summed E-state index contributed by atoms with van der Waals surface area (Å²) in [5.41, 5.74) is -0.209. The fourth-order valence-electron chi connectivity index (χ4n) is 5.64. The molecule has 5 rings (SSSR count). The number of pyridine rings is 2. The number of amides is 1. The number of carbonyl (C=O) groups is 1. The number of anilines is 1. The lowest BCUT2D eigenvalue weighted by molar-refractivity contribution is -0.140. The summed E-state index contributed by atoms with van der Waals surface area (Å²) in [6.45, 7) is 2.85. The van der Waals surface area contributed by atoms with Crippen molar-refractivity contribution in [2.75, 3.05) is 32.0 Å². The molecule has 2 saturated heterocycles. The van der Waals surface area contributed by atoms with Gasteiger partial charge in [0.1, 0.15) is 11.4 Å². The van der Waals surface area contributed by atoms with E-state index >= 15 is 0 Å². The highest BCUT2D eigenvalue weighted by molar-refractivity contribution is 5.91. The SMILES string of the molecule is C[C@@H](Nc1ccnc2cnc(C3(O)CCN(C(=O)[C@H]4C[C@@H](O)CN4C)CC3)cc12)c1cccc(C(F)F)c1F. The Morgan fingerprint density at radius 2 is 1.90 bits per heavy atom. The Balaban J connectivity index is 1.35. The average molecular weight is 544 g/mol. The van der Waals surface area contributed by atoms with E-state index in [9.17, 15) is 28.2 Å². The molecule has 8 nitrogen and oxygen atoms in total. The van der Waals surface area contributed by atoms with Gasteiger partial charge in [0.15, 0.2) is 0 Å². The zero-order chi connectivity index (χ0) is 27.9. The molecule has 4 heterocycles. The number of halogens is 3. The topological polar surface area (TPSA) is 102 Å². The van der Waals surface area contributed by atoms with Crippen molar-refractivity contribution < 1.29 is 28.2 Å². The molecule has 2 aliphatic rings. The van der Waals surface area contributed by atoms with Crippen LogP contribution in [0.3, 0.4) is 0 Å². The molecule has 2 aliphatic heterocycles. The van der Waals surface area contributed by atoms with E-state index in [-0.39, 0.29) is 17.5 Å². The highest BCUT2D eigenvalue weighted by atomic mass is 19.3. The lowest BCUT2D eigenvalue weighted by atomic mass is 9.87. The second-order valence-electron chi connectivity index (χ2n) is 10.6. The molecule has 208 valence electrons. The van der Waals surface area contributed by atoms with Gasteiger partial charge in [-0.25, -0.2) is 13.2 Å². The van der Waals surface area contributed by atoms with Crippen LogP contribution in [-0.2, 0) is 10.4 Å². The van der Waals surface area contributed by atoms with Crippen molar-refractivity contribution in [1.29, 1.82) is 0 Å². The number of β-amino-alcohol motifs (C(OH)–C–C–N with tert-alkyl or cyclic N) is 1. The quantitative estimate of drug-likeness (QED) is 0.435. The Morgan fingerprint density at radius 3 is 2.56 bits per heavy atom. The van der Waals surface area contributed by atoms with Gasteiger partial charge in [-0.1, -0.05) is 18.2 Å². The Hall–Kier alpha value is -3.28. The number of rotatable bonds is 6. The average Bonchev–Trinajstić information content (AvgIpc) is 3.26. The Labute approximate surface area is 224 Å². The van der Waals surface area contributed by atoms with Crippen molar-refractivity contribution in [2.45, 2.75) is 56.4 Å².